The van der Waals surface area contributed by atoms with Gasteiger partial charge >= 0.3 is 0 Å². The van der Waals surface area contributed by atoms with Crippen molar-refractivity contribution in [1.29, 1.82) is 0 Å². The fraction of sp³-hybridized carbons (Fsp3) is 0.375. The summed E-state index contributed by atoms with van der Waals surface area (Å²) in [5, 5.41) is 5.14. The van der Waals surface area contributed by atoms with Gasteiger partial charge in [0.05, 0.1) is 35.0 Å². The summed E-state index contributed by atoms with van der Waals surface area (Å²) in [6, 6.07) is 9.90. The predicted molar refractivity (Wildman–Crippen MR) is 175 cm³/mol. The van der Waals surface area contributed by atoms with E-state index in [0.717, 1.165) is 32.9 Å². The number of nitrogens with two attached hydrogens (primary N) is 2. The largest absolute Gasteiger partial charge is 0.480 e. The lowest BCUT2D eigenvalue weighted by Crippen LogP contribution is -2.40. The average molecular weight is 671 g/mol. The first-order valence-corrected chi connectivity index (χ1v) is 16.7. The molecule has 2 atom stereocenters. The average Bonchev–Trinajstić information content (AvgIpc) is 3.73. The highest BCUT2D eigenvalue weighted by Gasteiger charge is 2.22. The van der Waals surface area contributed by atoms with Gasteiger partial charge in [0, 0.05) is 42.5 Å². The van der Waals surface area contributed by atoms with Crippen molar-refractivity contribution in [1.82, 2.24) is 15.3 Å². The summed E-state index contributed by atoms with van der Waals surface area (Å²) in [5.74, 6) is -4.09. The number of nitrogens with one attached hydrogen (secondary N) is 1. The van der Waals surface area contributed by atoms with Gasteiger partial charge in [-0.3, -0.25) is 9.59 Å². The molecule has 0 spiro atoms. The van der Waals surface area contributed by atoms with Crippen LogP contribution < -0.4 is 26.4 Å². The van der Waals surface area contributed by atoms with E-state index in [1.165, 1.54) is 17.4 Å². The molecule has 0 bridgehead atoms. The first-order chi connectivity index (χ1) is 22.2. The van der Waals surface area contributed by atoms with E-state index in [2.05, 4.69) is 20.2 Å². The summed E-state index contributed by atoms with van der Waals surface area (Å²) < 4.78 is 39.8. The van der Waals surface area contributed by atoms with Crippen LogP contribution in [0.3, 0.4) is 0 Å². The second-order valence-electron chi connectivity index (χ2n) is 11.1. The Balaban J connectivity index is 1.11. The van der Waals surface area contributed by atoms with Gasteiger partial charge in [0.15, 0.2) is 23.3 Å². The molecule has 1 aliphatic heterocycles. The zero-order chi connectivity index (χ0) is 32.6. The molecule has 244 valence electrons. The normalized spacial score (nSPS) is 14.6. The van der Waals surface area contributed by atoms with Crippen LogP contribution in [0, 0.1) is 24.5 Å². The molecule has 1 fully saturated rings. The van der Waals surface area contributed by atoms with Crippen LogP contribution in [0.5, 0.6) is 5.75 Å². The number of carbonyl (C=O) groups is 2. The van der Waals surface area contributed by atoms with Crippen LogP contribution >= 0.6 is 22.7 Å². The molecule has 4 aromatic rings. The monoisotopic (exact) mass is 670 g/mol. The number of hydrogen-bond donors (Lipinski definition) is 3. The SMILES string of the molecule is Cc1ncsc1-c1ccc(C[C@H](CC[C@H](N)CNC(=O)COc2c(-c3csc(N4CCOCC4)n3)ccc(F)c2F)C(N)=O)cc1. The van der Waals surface area contributed by atoms with E-state index in [-0.39, 0.29) is 12.1 Å². The number of ether oxygens (including phenoxy) is 2. The number of carbonyl (C=O) groups excluding carboxylic acids is 2. The van der Waals surface area contributed by atoms with Gasteiger partial charge in [-0.15, -0.1) is 22.7 Å². The van der Waals surface area contributed by atoms with Crippen LogP contribution in [0.15, 0.2) is 47.3 Å². The van der Waals surface area contributed by atoms with E-state index >= 15 is 0 Å². The second kappa shape index (κ2) is 15.5. The Bertz CT molecular complexity index is 1640. The molecule has 5 N–H and O–H groups in total. The molecular formula is C32H36F2N6O4S2. The van der Waals surface area contributed by atoms with Crippen molar-refractivity contribution in [2.45, 2.75) is 32.2 Å². The lowest BCUT2D eigenvalue weighted by molar-refractivity contribution is -0.123. The maximum atomic E-state index is 14.8. The molecule has 5 rings (SSSR count). The molecule has 0 radical (unpaired) electrons. The summed E-state index contributed by atoms with van der Waals surface area (Å²) in [5.41, 5.74) is 17.4. The number of primary amides is 1. The number of morpholine rings is 1. The highest BCUT2D eigenvalue weighted by atomic mass is 32.1. The summed E-state index contributed by atoms with van der Waals surface area (Å²) in [6.07, 6.45) is 1.35. The fourth-order valence-corrected chi connectivity index (χ4v) is 6.81. The number of amides is 2. The van der Waals surface area contributed by atoms with Gasteiger partial charge in [0.1, 0.15) is 0 Å². The van der Waals surface area contributed by atoms with Crippen LogP contribution in [0.2, 0.25) is 0 Å². The molecule has 1 aliphatic rings. The Morgan fingerprint density at radius 1 is 1.11 bits per heavy atom. The molecule has 3 heterocycles. The van der Waals surface area contributed by atoms with Gasteiger partial charge in [-0.2, -0.15) is 4.39 Å². The van der Waals surface area contributed by atoms with E-state index in [9.17, 15) is 18.4 Å². The summed E-state index contributed by atoms with van der Waals surface area (Å²) in [7, 11) is 0. The maximum absolute atomic E-state index is 14.8. The van der Waals surface area contributed by atoms with Crippen molar-refractivity contribution in [3.63, 3.8) is 0 Å². The molecule has 2 aromatic carbocycles. The van der Waals surface area contributed by atoms with Gasteiger partial charge in [-0.1, -0.05) is 24.3 Å². The van der Waals surface area contributed by atoms with Gasteiger partial charge in [-0.05, 0) is 49.4 Å². The van der Waals surface area contributed by atoms with Crippen molar-refractivity contribution < 1.29 is 27.8 Å². The number of aromatic nitrogens is 2. The van der Waals surface area contributed by atoms with Crippen LogP contribution in [0.1, 0.15) is 24.1 Å². The molecule has 0 saturated carbocycles. The molecule has 0 unspecified atom stereocenters. The van der Waals surface area contributed by atoms with Crippen LogP contribution in [-0.4, -0.2) is 67.3 Å². The lowest BCUT2D eigenvalue weighted by atomic mass is 9.92. The van der Waals surface area contributed by atoms with Crippen molar-refractivity contribution in [2.75, 3.05) is 44.4 Å². The number of thiazole rings is 2. The molecule has 2 amide bonds. The van der Waals surface area contributed by atoms with Gasteiger partial charge in [0.2, 0.25) is 11.7 Å². The van der Waals surface area contributed by atoms with E-state index in [0.29, 0.717) is 51.3 Å². The minimum atomic E-state index is -1.20. The van der Waals surface area contributed by atoms with Gasteiger partial charge in [0.25, 0.3) is 5.91 Å². The van der Waals surface area contributed by atoms with Crippen molar-refractivity contribution >= 4 is 39.6 Å². The number of benzene rings is 2. The van der Waals surface area contributed by atoms with E-state index < -0.39 is 47.8 Å². The molecular weight excluding hydrogens is 635 g/mol. The Morgan fingerprint density at radius 3 is 2.57 bits per heavy atom. The molecule has 1 saturated heterocycles. The molecule has 14 heteroatoms. The minimum Gasteiger partial charge on any atom is -0.480 e. The maximum Gasteiger partial charge on any atom is 0.257 e. The summed E-state index contributed by atoms with van der Waals surface area (Å²) in [4.78, 5) is 36.8. The minimum absolute atomic E-state index is 0.101. The van der Waals surface area contributed by atoms with Crippen molar-refractivity contribution in [3.8, 4) is 27.4 Å². The summed E-state index contributed by atoms with van der Waals surface area (Å²) >= 11 is 2.96. The zero-order valence-corrected chi connectivity index (χ0v) is 27.0. The Kier molecular flexibility index (Phi) is 11.3. The number of anilines is 1. The van der Waals surface area contributed by atoms with Crippen LogP contribution in [-0.2, 0) is 20.7 Å². The van der Waals surface area contributed by atoms with Gasteiger partial charge < -0.3 is 31.2 Å². The Morgan fingerprint density at radius 2 is 1.87 bits per heavy atom. The number of halogens is 2. The van der Waals surface area contributed by atoms with E-state index in [1.54, 1.807) is 16.7 Å². The Hall–Kier alpha value is -3.98. The van der Waals surface area contributed by atoms with Crippen LogP contribution in [0.25, 0.3) is 21.7 Å². The number of aryl methyl sites for hydroxylation is 1. The predicted octanol–water partition coefficient (Wildman–Crippen LogP) is 4.30. The molecule has 0 aliphatic carbocycles. The number of hydrogen-bond acceptors (Lipinski definition) is 10. The highest BCUT2D eigenvalue weighted by molar-refractivity contribution is 7.14. The molecule has 2 aromatic heterocycles. The molecule has 10 nitrogen and oxygen atoms in total. The van der Waals surface area contributed by atoms with E-state index in [1.807, 2.05) is 36.7 Å². The molecule has 46 heavy (non-hydrogen) atoms. The quantitative estimate of drug-likeness (QED) is 0.180. The standard InChI is InChI=1S/C32H36F2N6O4S2/c1-19-30(46-18-38-19)21-4-2-20(3-5-21)14-22(31(36)42)6-7-23(35)15-37-27(41)16-44-29-24(8-9-25(33)28(29)34)26-17-45-32(39-26)40-10-12-43-13-11-40/h2-5,8-9,17-18,22-23H,6-7,10-16,35H2,1H3,(H2,36,42)(H,37,41)/t22-,23-/m0/s1. The third-order valence-corrected chi connectivity index (χ3v) is 9.62. The smallest absolute Gasteiger partial charge is 0.257 e. The highest BCUT2D eigenvalue weighted by Crippen LogP contribution is 2.36. The number of rotatable bonds is 14. The first kappa shape index (κ1) is 33.4. The topological polar surface area (TPSA) is 146 Å². The first-order valence-electron chi connectivity index (χ1n) is 14.9. The fourth-order valence-electron chi connectivity index (χ4n) is 5.11. The zero-order valence-electron chi connectivity index (χ0n) is 25.3. The van der Waals surface area contributed by atoms with Crippen LogP contribution in [0.4, 0.5) is 13.9 Å². The van der Waals surface area contributed by atoms with Gasteiger partial charge in [-0.25, -0.2) is 14.4 Å². The second-order valence-corrected chi connectivity index (χ2v) is 12.7. The van der Waals surface area contributed by atoms with Crippen molar-refractivity contribution in [3.05, 3.63) is 70.2 Å². The third-order valence-electron chi connectivity index (χ3n) is 7.74. The van der Waals surface area contributed by atoms with Crippen molar-refractivity contribution in [2.24, 2.45) is 17.4 Å². The summed E-state index contributed by atoms with van der Waals surface area (Å²) in [6.45, 7) is 4.05. The van der Waals surface area contributed by atoms with E-state index in [4.69, 9.17) is 20.9 Å². The third kappa shape index (κ3) is 8.43. The lowest BCUT2D eigenvalue weighted by Gasteiger charge is -2.26. The Labute approximate surface area is 273 Å². The number of nitrogens with zero attached hydrogens (tertiary/aromatic N) is 3.